The fourth-order valence-electron chi connectivity index (χ4n) is 0.803. The summed E-state index contributed by atoms with van der Waals surface area (Å²) in [5.41, 5.74) is 0. The predicted octanol–water partition coefficient (Wildman–Crippen LogP) is 1.90. The van der Waals surface area contributed by atoms with Gasteiger partial charge in [0, 0.05) is 0 Å². The summed E-state index contributed by atoms with van der Waals surface area (Å²) in [6.07, 6.45) is 4.19. The molecule has 74 valence electrons. The van der Waals surface area contributed by atoms with E-state index in [1.54, 1.807) is 0 Å². The van der Waals surface area contributed by atoms with Gasteiger partial charge in [0.1, 0.15) is 0 Å². The zero-order chi connectivity index (χ0) is 9.23. The van der Waals surface area contributed by atoms with E-state index in [4.69, 9.17) is 14.6 Å². The standard InChI is InChI=1S/C9H20O3/c1-3-5-6-8-12-9(10)11-7-4-2/h9-10H,3-8H2,1-2H3. The van der Waals surface area contributed by atoms with E-state index in [2.05, 4.69) is 6.92 Å². The molecule has 0 aromatic rings. The Morgan fingerprint density at radius 2 is 1.67 bits per heavy atom. The molecule has 0 rings (SSSR count). The highest BCUT2D eigenvalue weighted by Crippen LogP contribution is 1.97. The molecule has 12 heavy (non-hydrogen) atoms. The number of hydrogen-bond donors (Lipinski definition) is 1. The van der Waals surface area contributed by atoms with Crippen LogP contribution in [0.4, 0.5) is 0 Å². The van der Waals surface area contributed by atoms with Crippen LogP contribution in [-0.2, 0) is 9.47 Å². The molecule has 0 saturated carbocycles. The van der Waals surface area contributed by atoms with Crippen LogP contribution >= 0.6 is 0 Å². The minimum Gasteiger partial charge on any atom is -0.346 e. The van der Waals surface area contributed by atoms with Gasteiger partial charge in [-0.05, 0) is 12.8 Å². The van der Waals surface area contributed by atoms with Gasteiger partial charge in [-0.2, -0.15) is 0 Å². The lowest BCUT2D eigenvalue weighted by molar-refractivity contribution is -0.263. The minimum absolute atomic E-state index is 0.551. The number of aliphatic hydroxyl groups is 1. The number of unbranched alkanes of at least 4 members (excludes halogenated alkanes) is 2. The van der Waals surface area contributed by atoms with E-state index in [1.165, 1.54) is 0 Å². The summed E-state index contributed by atoms with van der Waals surface area (Å²) in [7, 11) is 0. The van der Waals surface area contributed by atoms with Crippen molar-refractivity contribution in [1.29, 1.82) is 0 Å². The second-order valence-corrected chi connectivity index (χ2v) is 2.76. The Bertz CT molecular complexity index is 85.8. The Hall–Kier alpha value is -0.120. The molecule has 0 aliphatic rings. The van der Waals surface area contributed by atoms with Gasteiger partial charge in [-0.3, -0.25) is 0 Å². The third-order valence-corrected chi connectivity index (χ3v) is 1.47. The number of aliphatic hydroxyl groups excluding tert-OH is 1. The predicted molar refractivity (Wildman–Crippen MR) is 47.7 cm³/mol. The summed E-state index contributed by atoms with van der Waals surface area (Å²) < 4.78 is 9.88. The van der Waals surface area contributed by atoms with Gasteiger partial charge < -0.3 is 14.6 Å². The maximum Gasteiger partial charge on any atom is 0.269 e. The molecule has 3 nitrogen and oxygen atoms in total. The van der Waals surface area contributed by atoms with E-state index in [-0.39, 0.29) is 0 Å². The molecule has 0 aliphatic heterocycles. The SMILES string of the molecule is CCCCCOC(O)OCCC. The first-order chi connectivity index (χ1) is 5.81. The average Bonchev–Trinajstić information content (AvgIpc) is 2.09. The molecule has 0 fully saturated rings. The number of hydrogen-bond acceptors (Lipinski definition) is 3. The third kappa shape index (κ3) is 7.98. The van der Waals surface area contributed by atoms with Crippen molar-refractivity contribution in [2.75, 3.05) is 13.2 Å². The number of rotatable bonds is 8. The Labute approximate surface area is 74.7 Å². The lowest BCUT2D eigenvalue weighted by atomic mass is 10.3. The fraction of sp³-hybridized carbons (Fsp3) is 1.00. The van der Waals surface area contributed by atoms with Crippen LogP contribution in [0.3, 0.4) is 0 Å². The molecule has 1 unspecified atom stereocenters. The highest BCUT2D eigenvalue weighted by atomic mass is 16.8. The Morgan fingerprint density at radius 1 is 1.00 bits per heavy atom. The highest BCUT2D eigenvalue weighted by Gasteiger charge is 2.01. The fourth-order valence-corrected chi connectivity index (χ4v) is 0.803. The summed E-state index contributed by atoms with van der Waals surface area (Å²) >= 11 is 0. The van der Waals surface area contributed by atoms with Gasteiger partial charge in [-0.1, -0.05) is 26.7 Å². The maximum absolute atomic E-state index is 9.04. The zero-order valence-electron chi connectivity index (χ0n) is 8.08. The zero-order valence-corrected chi connectivity index (χ0v) is 8.08. The normalized spacial score (nSPS) is 13.2. The average molecular weight is 176 g/mol. The van der Waals surface area contributed by atoms with Crippen LogP contribution in [0.15, 0.2) is 0 Å². The van der Waals surface area contributed by atoms with Gasteiger partial charge in [-0.25, -0.2) is 0 Å². The van der Waals surface area contributed by atoms with E-state index >= 15 is 0 Å². The summed E-state index contributed by atoms with van der Waals surface area (Å²) in [5.74, 6) is 0. The Kier molecular flexibility index (Phi) is 8.88. The van der Waals surface area contributed by atoms with Crippen LogP contribution in [0, 0.1) is 0 Å². The van der Waals surface area contributed by atoms with Gasteiger partial charge in [0.2, 0.25) is 0 Å². The van der Waals surface area contributed by atoms with Crippen molar-refractivity contribution in [1.82, 2.24) is 0 Å². The maximum atomic E-state index is 9.04. The minimum atomic E-state index is -1.03. The molecular weight excluding hydrogens is 156 g/mol. The molecule has 0 radical (unpaired) electrons. The number of ether oxygens (including phenoxy) is 2. The second-order valence-electron chi connectivity index (χ2n) is 2.76. The van der Waals surface area contributed by atoms with Gasteiger partial charge >= 0.3 is 0 Å². The van der Waals surface area contributed by atoms with Crippen molar-refractivity contribution in [2.45, 2.75) is 46.0 Å². The van der Waals surface area contributed by atoms with Gasteiger partial charge in [0.25, 0.3) is 6.48 Å². The third-order valence-electron chi connectivity index (χ3n) is 1.47. The molecule has 1 N–H and O–H groups in total. The lowest BCUT2D eigenvalue weighted by Gasteiger charge is -2.11. The van der Waals surface area contributed by atoms with Gasteiger partial charge in [-0.15, -0.1) is 0 Å². The summed E-state index contributed by atoms with van der Waals surface area (Å²) in [5, 5.41) is 9.04. The molecule has 0 spiro atoms. The quantitative estimate of drug-likeness (QED) is 0.453. The van der Waals surface area contributed by atoms with Crippen LogP contribution in [-0.4, -0.2) is 24.8 Å². The first-order valence-electron chi connectivity index (χ1n) is 4.72. The van der Waals surface area contributed by atoms with Crippen molar-refractivity contribution in [3.05, 3.63) is 0 Å². The van der Waals surface area contributed by atoms with Crippen molar-refractivity contribution >= 4 is 0 Å². The van der Waals surface area contributed by atoms with E-state index in [1.807, 2.05) is 6.92 Å². The van der Waals surface area contributed by atoms with Crippen molar-refractivity contribution in [2.24, 2.45) is 0 Å². The summed E-state index contributed by atoms with van der Waals surface area (Å²) in [6.45, 7) is 4.23. The lowest BCUT2D eigenvalue weighted by Crippen LogP contribution is -2.17. The molecule has 0 aromatic carbocycles. The van der Waals surface area contributed by atoms with Crippen LogP contribution in [0.5, 0.6) is 0 Å². The summed E-state index contributed by atoms with van der Waals surface area (Å²) in [4.78, 5) is 0. The van der Waals surface area contributed by atoms with E-state index in [9.17, 15) is 0 Å². The molecule has 0 bridgehead atoms. The largest absolute Gasteiger partial charge is 0.346 e. The molecule has 0 saturated heterocycles. The van der Waals surface area contributed by atoms with Crippen molar-refractivity contribution in [3.8, 4) is 0 Å². The topological polar surface area (TPSA) is 38.7 Å². The molecular formula is C9H20O3. The van der Waals surface area contributed by atoms with E-state index < -0.39 is 6.48 Å². The molecule has 0 aromatic heterocycles. The van der Waals surface area contributed by atoms with Crippen LogP contribution < -0.4 is 0 Å². The first-order valence-corrected chi connectivity index (χ1v) is 4.72. The monoisotopic (exact) mass is 176 g/mol. The molecule has 0 heterocycles. The first kappa shape index (κ1) is 11.9. The Balaban J connectivity index is 3.02. The van der Waals surface area contributed by atoms with Gasteiger partial charge in [0.05, 0.1) is 13.2 Å². The van der Waals surface area contributed by atoms with E-state index in [0.717, 1.165) is 25.7 Å². The molecule has 0 aliphatic carbocycles. The van der Waals surface area contributed by atoms with Crippen LogP contribution in [0.1, 0.15) is 39.5 Å². The Morgan fingerprint density at radius 3 is 2.25 bits per heavy atom. The van der Waals surface area contributed by atoms with Crippen LogP contribution in [0.2, 0.25) is 0 Å². The summed E-state index contributed by atoms with van der Waals surface area (Å²) in [6, 6.07) is 0. The molecule has 1 atom stereocenters. The second kappa shape index (κ2) is 8.97. The molecule has 3 heteroatoms. The van der Waals surface area contributed by atoms with Crippen LogP contribution in [0.25, 0.3) is 0 Å². The van der Waals surface area contributed by atoms with E-state index in [0.29, 0.717) is 13.2 Å². The van der Waals surface area contributed by atoms with Gasteiger partial charge in [0.15, 0.2) is 0 Å². The highest BCUT2D eigenvalue weighted by molar-refractivity contribution is 4.35. The van der Waals surface area contributed by atoms with Crippen molar-refractivity contribution < 1.29 is 14.6 Å². The smallest absolute Gasteiger partial charge is 0.269 e. The molecule has 0 amide bonds. The van der Waals surface area contributed by atoms with Crippen molar-refractivity contribution in [3.63, 3.8) is 0 Å².